The van der Waals surface area contributed by atoms with E-state index in [0.29, 0.717) is 45.2 Å². The molecular weight excluding hydrogens is 807 g/mol. The smallest absolute Gasteiger partial charge is 0.407 e. The number of amides is 4. The van der Waals surface area contributed by atoms with Crippen LogP contribution in [0.25, 0.3) is 22.5 Å². The third-order valence-corrected chi connectivity index (χ3v) is 12.7. The summed E-state index contributed by atoms with van der Waals surface area (Å²) < 4.78 is 9.56. The molecule has 60 heavy (non-hydrogen) atoms. The number of ether oxygens (including phenoxy) is 2. The lowest BCUT2D eigenvalue weighted by Crippen LogP contribution is -2.52. The van der Waals surface area contributed by atoms with E-state index < -0.39 is 24.3 Å². The maximum absolute atomic E-state index is 13.8. The molecule has 2 aliphatic carbocycles. The standard InChI is InChI=1S/C44H48Cl2N8O6/c1-21(2)33(49-43(57)59-5)41(55)53-29-17-27(29)19-31(53)39-47-35(37(45)51-39)25-13-9-23(10-14-25)7-8-24-11-15-26(16-12-24)36-38(46)52-40(48-36)32-20-28-18-30(28)54(32)42(56)34(22(3)4)50-44(58)60-6/h9-16,21-22,27-34H,17-20H2,1-6H3,(H,47,51)(H,48,52)(H,49,57)(H,50,58)/t27-,28-,29-,30-,31+,32+,33+,34+/m1/s1. The SMILES string of the molecule is COC(=O)N[C@H](C(=O)N1[C@@H]2C[C@@H]2C[C@H]1c1nc(-c2ccc(C#Cc3ccc(-c4nc([C@@H]5C[C@H]6C[C@H]6N5C(=O)[C@@H](NC(=O)OC)C(C)C)[nH]c4Cl)cc3)cc2)c(Cl)[nH]1)C(C)C. The van der Waals surface area contributed by atoms with Gasteiger partial charge in [0.25, 0.3) is 0 Å². The molecule has 0 unspecified atom stereocenters. The van der Waals surface area contributed by atoms with E-state index in [9.17, 15) is 19.2 Å². The van der Waals surface area contributed by atoms with Gasteiger partial charge in [-0.3, -0.25) is 9.59 Å². The second-order valence-electron chi connectivity index (χ2n) is 16.8. The molecule has 0 spiro atoms. The van der Waals surface area contributed by atoms with Crippen LogP contribution in [0, 0.1) is 35.5 Å². The highest BCUT2D eigenvalue weighted by Gasteiger charge is 2.57. The van der Waals surface area contributed by atoms with Crippen LogP contribution in [-0.2, 0) is 19.1 Å². The Bertz CT molecular complexity index is 2200. The second-order valence-corrected chi connectivity index (χ2v) is 17.6. The zero-order valence-electron chi connectivity index (χ0n) is 34.2. The molecule has 4 amide bonds. The Hall–Kier alpha value is -5.52. The number of aromatic amines is 2. The van der Waals surface area contributed by atoms with Crippen LogP contribution in [-0.4, -0.2) is 92.1 Å². The number of halogens is 2. The average Bonchev–Trinajstić information content (AvgIpc) is 3.95. The molecule has 4 aromatic rings. The number of methoxy groups -OCH3 is 2. The lowest BCUT2D eigenvalue weighted by atomic mass is 10.0. The van der Waals surface area contributed by atoms with Crippen LogP contribution in [0.5, 0.6) is 0 Å². The molecule has 2 aromatic carbocycles. The Labute approximate surface area is 358 Å². The molecule has 2 aliphatic heterocycles. The van der Waals surface area contributed by atoms with Crippen molar-refractivity contribution in [2.24, 2.45) is 23.7 Å². The van der Waals surface area contributed by atoms with Crippen molar-refractivity contribution in [1.29, 1.82) is 0 Å². The quantitative estimate of drug-likeness (QED) is 0.121. The van der Waals surface area contributed by atoms with Crippen LogP contribution in [0.4, 0.5) is 9.59 Å². The van der Waals surface area contributed by atoms with Gasteiger partial charge in [-0.25, -0.2) is 19.6 Å². The molecule has 2 aromatic heterocycles. The van der Waals surface area contributed by atoms with Gasteiger partial charge in [0.15, 0.2) is 0 Å². The number of imidazole rings is 2. The van der Waals surface area contributed by atoms with Gasteiger partial charge in [-0.15, -0.1) is 0 Å². The molecule has 16 heteroatoms. The van der Waals surface area contributed by atoms with Crippen molar-refractivity contribution in [2.45, 2.75) is 89.6 Å². The molecule has 4 fully saturated rings. The van der Waals surface area contributed by atoms with Crippen molar-refractivity contribution in [2.75, 3.05) is 14.2 Å². The Kier molecular flexibility index (Phi) is 11.3. The van der Waals surface area contributed by atoms with Crippen molar-refractivity contribution in [3.63, 3.8) is 0 Å². The van der Waals surface area contributed by atoms with Gasteiger partial charge in [-0.2, -0.15) is 0 Å². The number of alkyl carbamates (subject to hydrolysis) is 2. The van der Waals surface area contributed by atoms with Crippen molar-refractivity contribution in [3.8, 4) is 34.4 Å². The molecule has 4 aliphatic rings. The highest BCUT2D eigenvalue weighted by Crippen LogP contribution is 2.55. The van der Waals surface area contributed by atoms with Crippen LogP contribution < -0.4 is 10.6 Å². The van der Waals surface area contributed by atoms with Crippen molar-refractivity contribution in [3.05, 3.63) is 81.6 Å². The number of carbonyl (C=O) groups excluding carboxylic acids is 4. The molecule has 4 N–H and O–H groups in total. The van der Waals surface area contributed by atoms with Gasteiger partial charge in [0.2, 0.25) is 11.8 Å². The first-order valence-corrected chi connectivity index (χ1v) is 21.1. The van der Waals surface area contributed by atoms with E-state index >= 15 is 0 Å². The third kappa shape index (κ3) is 8.05. The summed E-state index contributed by atoms with van der Waals surface area (Å²) >= 11 is 13.4. The Morgan fingerprint density at radius 1 is 0.650 bits per heavy atom. The minimum Gasteiger partial charge on any atom is -0.453 e. The molecule has 2 saturated carbocycles. The maximum atomic E-state index is 13.8. The van der Waals surface area contributed by atoms with Gasteiger partial charge in [-0.1, -0.05) is 87.0 Å². The summed E-state index contributed by atoms with van der Waals surface area (Å²) in [4.78, 5) is 71.6. The highest BCUT2D eigenvalue weighted by molar-refractivity contribution is 6.32. The summed E-state index contributed by atoms with van der Waals surface area (Å²) in [6, 6.07) is 13.5. The van der Waals surface area contributed by atoms with E-state index in [4.69, 9.17) is 42.6 Å². The number of likely N-dealkylation sites (tertiary alicyclic amines) is 2. The van der Waals surface area contributed by atoms with Crippen LogP contribution in [0.1, 0.15) is 88.2 Å². The van der Waals surface area contributed by atoms with Crippen molar-refractivity contribution < 1.29 is 28.7 Å². The number of nitrogens with one attached hydrogen (secondary N) is 4. The minimum absolute atomic E-state index is 0.112. The van der Waals surface area contributed by atoms with Crippen LogP contribution in [0.2, 0.25) is 10.3 Å². The molecule has 0 bridgehead atoms. The average molecular weight is 856 g/mol. The fraction of sp³-hybridized carbons (Fsp3) is 0.455. The Morgan fingerprint density at radius 3 is 1.35 bits per heavy atom. The van der Waals surface area contributed by atoms with Crippen molar-refractivity contribution in [1.82, 2.24) is 40.4 Å². The molecule has 4 heterocycles. The van der Waals surface area contributed by atoms with Crippen LogP contribution in [0.3, 0.4) is 0 Å². The summed E-state index contributed by atoms with van der Waals surface area (Å²) in [7, 11) is 2.56. The van der Waals surface area contributed by atoms with Crippen LogP contribution >= 0.6 is 23.2 Å². The van der Waals surface area contributed by atoms with Gasteiger partial charge >= 0.3 is 12.2 Å². The summed E-state index contributed by atoms with van der Waals surface area (Å²) in [6.07, 6.45) is 2.13. The van der Waals surface area contributed by atoms with E-state index in [1.807, 2.05) is 86.0 Å². The highest BCUT2D eigenvalue weighted by atomic mass is 35.5. The summed E-state index contributed by atoms with van der Waals surface area (Å²) in [5, 5.41) is 6.18. The van der Waals surface area contributed by atoms with E-state index in [2.05, 4.69) is 32.4 Å². The van der Waals surface area contributed by atoms with Gasteiger partial charge in [0.05, 0.1) is 26.3 Å². The Balaban J connectivity index is 0.932. The van der Waals surface area contributed by atoms with E-state index in [1.165, 1.54) is 14.2 Å². The fourth-order valence-corrected chi connectivity index (χ4v) is 9.26. The Morgan fingerprint density at radius 2 is 1.02 bits per heavy atom. The van der Waals surface area contributed by atoms with E-state index in [0.717, 1.165) is 47.9 Å². The fourth-order valence-electron chi connectivity index (χ4n) is 8.76. The summed E-state index contributed by atoms with van der Waals surface area (Å²) in [5.41, 5.74) is 4.39. The number of hydrogen-bond acceptors (Lipinski definition) is 8. The summed E-state index contributed by atoms with van der Waals surface area (Å²) in [5.74, 6) is 7.89. The number of hydrogen-bond donors (Lipinski definition) is 4. The minimum atomic E-state index is -0.722. The molecule has 0 radical (unpaired) electrons. The molecule has 8 rings (SSSR count). The lowest BCUT2D eigenvalue weighted by molar-refractivity contribution is -0.137. The number of rotatable bonds is 10. The molecule has 8 atom stereocenters. The zero-order chi connectivity index (χ0) is 42.6. The van der Waals surface area contributed by atoms with Gasteiger partial charge < -0.3 is 39.9 Å². The van der Waals surface area contributed by atoms with Crippen LogP contribution in [0.15, 0.2) is 48.5 Å². The number of benzene rings is 2. The predicted octanol–water partition coefficient (Wildman–Crippen LogP) is 7.26. The third-order valence-electron chi connectivity index (χ3n) is 12.2. The first-order valence-electron chi connectivity index (χ1n) is 20.3. The molecule has 14 nitrogen and oxygen atoms in total. The van der Waals surface area contributed by atoms with E-state index in [-0.39, 0.29) is 47.8 Å². The number of aromatic nitrogens is 4. The number of H-pyrrole nitrogens is 2. The molecule has 2 saturated heterocycles. The number of nitrogens with zero attached hydrogens (tertiary/aromatic N) is 4. The van der Waals surface area contributed by atoms with E-state index in [1.54, 1.807) is 0 Å². The lowest BCUT2D eigenvalue weighted by Gasteiger charge is -2.31. The number of carbonyl (C=O) groups is 4. The molecular formula is C44H48Cl2N8O6. The predicted molar refractivity (Wildman–Crippen MR) is 225 cm³/mol. The molecule has 314 valence electrons. The van der Waals surface area contributed by atoms with Gasteiger partial charge in [0.1, 0.15) is 45.4 Å². The summed E-state index contributed by atoms with van der Waals surface area (Å²) in [6.45, 7) is 7.58. The van der Waals surface area contributed by atoms with Gasteiger partial charge in [-0.05, 0) is 73.6 Å². The second kappa shape index (κ2) is 16.5. The first-order chi connectivity index (χ1) is 28.8. The topological polar surface area (TPSA) is 175 Å². The monoisotopic (exact) mass is 854 g/mol. The number of piperidine rings is 2. The van der Waals surface area contributed by atoms with Gasteiger partial charge in [0, 0.05) is 34.3 Å². The largest absolute Gasteiger partial charge is 0.453 e. The first kappa shape index (κ1) is 41.2. The maximum Gasteiger partial charge on any atom is 0.407 e. The normalized spacial score (nSPS) is 23.3. The zero-order valence-corrected chi connectivity index (χ0v) is 35.7. The van der Waals surface area contributed by atoms with Crippen molar-refractivity contribution >= 4 is 47.2 Å². The number of fused-ring (bicyclic) bond motifs is 2.